The number of benzene rings is 1. The van der Waals surface area contributed by atoms with E-state index < -0.39 is 0 Å². The third-order valence-corrected chi connectivity index (χ3v) is 3.56. The van der Waals surface area contributed by atoms with Gasteiger partial charge in [-0.1, -0.05) is 12.1 Å². The molecule has 0 bridgehead atoms. The first-order valence-corrected chi connectivity index (χ1v) is 7.11. The van der Waals surface area contributed by atoms with Crippen molar-refractivity contribution >= 4 is 22.8 Å². The fourth-order valence-electron chi connectivity index (χ4n) is 2.63. The number of hydrogen-bond acceptors (Lipinski definition) is 5. The predicted molar refractivity (Wildman–Crippen MR) is 79.5 cm³/mol. The van der Waals surface area contributed by atoms with Gasteiger partial charge in [0.05, 0.1) is 17.5 Å². The number of esters is 1. The minimum absolute atomic E-state index is 0.0517. The highest BCUT2D eigenvalue weighted by Gasteiger charge is 2.23. The zero-order chi connectivity index (χ0) is 14.8. The van der Waals surface area contributed by atoms with E-state index in [1.807, 2.05) is 23.1 Å². The smallest absolute Gasteiger partial charge is 0.325 e. The zero-order valence-electron chi connectivity index (χ0n) is 11.9. The van der Waals surface area contributed by atoms with Crippen LogP contribution in [0.2, 0.25) is 0 Å². The minimum atomic E-state index is -0.298. The van der Waals surface area contributed by atoms with Gasteiger partial charge in [-0.05, 0) is 25.5 Å². The summed E-state index contributed by atoms with van der Waals surface area (Å²) in [5.74, 6) is 0.256. The summed E-state index contributed by atoms with van der Waals surface area (Å²) in [6, 6.07) is 7.28. The predicted octanol–water partition coefficient (Wildman–Crippen LogP) is 1.17. The summed E-state index contributed by atoms with van der Waals surface area (Å²) in [5, 5.41) is 0.610. The number of nitrogens with zero attached hydrogens (tertiary/aromatic N) is 3. The molecule has 0 radical (unpaired) electrons. The lowest BCUT2D eigenvalue weighted by molar-refractivity contribution is -0.141. The summed E-state index contributed by atoms with van der Waals surface area (Å²) in [7, 11) is 0. The van der Waals surface area contributed by atoms with E-state index in [1.54, 1.807) is 17.6 Å². The highest BCUT2D eigenvalue weighted by molar-refractivity contribution is 5.80. The molecule has 21 heavy (non-hydrogen) atoms. The number of rotatable bonds is 3. The summed E-state index contributed by atoms with van der Waals surface area (Å²) in [4.78, 5) is 30.6. The van der Waals surface area contributed by atoms with Crippen LogP contribution in [0.1, 0.15) is 13.3 Å². The van der Waals surface area contributed by atoms with Gasteiger partial charge in [0.25, 0.3) is 5.56 Å². The van der Waals surface area contributed by atoms with E-state index in [-0.39, 0.29) is 18.1 Å². The molecule has 0 spiro atoms. The van der Waals surface area contributed by atoms with Crippen LogP contribution in [-0.4, -0.2) is 35.2 Å². The molecule has 0 N–H and O–H groups in total. The number of para-hydroxylation sites is 1. The second-order valence-electron chi connectivity index (χ2n) is 4.97. The Labute approximate surface area is 122 Å². The van der Waals surface area contributed by atoms with Crippen molar-refractivity contribution in [3.8, 4) is 0 Å². The maximum Gasteiger partial charge on any atom is 0.325 e. The van der Waals surface area contributed by atoms with E-state index in [0.29, 0.717) is 36.5 Å². The molecule has 6 heteroatoms. The summed E-state index contributed by atoms with van der Waals surface area (Å²) < 4.78 is 6.63. The van der Waals surface area contributed by atoms with Crippen molar-refractivity contribution in [3.05, 3.63) is 34.6 Å². The first-order valence-electron chi connectivity index (χ1n) is 7.11. The zero-order valence-corrected chi connectivity index (χ0v) is 11.9. The number of carbonyl (C=O) groups is 1. The average molecular weight is 287 g/mol. The fourth-order valence-corrected chi connectivity index (χ4v) is 2.63. The van der Waals surface area contributed by atoms with E-state index >= 15 is 0 Å². The molecule has 1 aliphatic heterocycles. The second-order valence-corrected chi connectivity index (χ2v) is 4.97. The molecule has 2 aromatic rings. The molecule has 0 atom stereocenters. The van der Waals surface area contributed by atoms with Gasteiger partial charge in [0.1, 0.15) is 6.54 Å². The summed E-state index contributed by atoms with van der Waals surface area (Å²) >= 11 is 0. The van der Waals surface area contributed by atoms with Crippen LogP contribution in [0.25, 0.3) is 10.9 Å². The Morgan fingerprint density at radius 2 is 2.14 bits per heavy atom. The Balaban J connectivity index is 2.05. The van der Waals surface area contributed by atoms with E-state index in [9.17, 15) is 9.59 Å². The van der Waals surface area contributed by atoms with Crippen LogP contribution in [0.5, 0.6) is 0 Å². The van der Waals surface area contributed by atoms with Crippen molar-refractivity contribution in [3.63, 3.8) is 0 Å². The van der Waals surface area contributed by atoms with Crippen molar-refractivity contribution in [1.82, 2.24) is 9.55 Å². The van der Waals surface area contributed by atoms with Gasteiger partial charge in [-0.25, -0.2) is 4.98 Å². The minimum Gasteiger partial charge on any atom is -0.465 e. The number of ether oxygens (including phenoxy) is 1. The largest absolute Gasteiger partial charge is 0.465 e. The van der Waals surface area contributed by atoms with Gasteiger partial charge < -0.3 is 9.64 Å². The molecule has 0 aliphatic carbocycles. The van der Waals surface area contributed by atoms with Crippen LogP contribution in [0.3, 0.4) is 0 Å². The van der Waals surface area contributed by atoms with Gasteiger partial charge in [-0.2, -0.15) is 0 Å². The maximum absolute atomic E-state index is 12.5. The SMILES string of the molecule is CCOC(=O)CN1CCCn2c1nc1ccccc1c2=O. The molecule has 1 aromatic heterocycles. The molecule has 3 rings (SSSR count). The van der Waals surface area contributed by atoms with Crippen molar-refractivity contribution in [2.75, 3.05) is 24.6 Å². The normalized spacial score (nSPS) is 14.0. The molecule has 0 amide bonds. The van der Waals surface area contributed by atoms with Crippen LogP contribution in [-0.2, 0) is 16.1 Å². The van der Waals surface area contributed by atoms with Crippen LogP contribution < -0.4 is 10.5 Å². The molecule has 0 saturated heterocycles. The number of anilines is 1. The number of fused-ring (bicyclic) bond motifs is 2. The van der Waals surface area contributed by atoms with E-state index in [4.69, 9.17) is 4.74 Å². The van der Waals surface area contributed by atoms with Gasteiger partial charge in [-0.3, -0.25) is 14.2 Å². The van der Waals surface area contributed by atoms with Crippen molar-refractivity contribution in [2.45, 2.75) is 19.9 Å². The van der Waals surface area contributed by atoms with Crippen LogP contribution >= 0.6 is 0 Å². The molecule has 2 heterocycles. The van der Waals surface area contributed by atoms with Gasteiger partial charge in [-0.15, -0.1) is 0 Å². The van der Waals surface area contributed by atoms with Gasteiger partial charge in [0.2, 0.25) is 5.95 Å². The molecule has 6 nitrogen and oxygen atoms in total. The summed E-state index contributed by atoms with van der Waals surface area (Å²) in [6.07, 6.45) is 0.812. The molecular weight excluding hydrogens is 270 g/mol. The highest BCUT2D eigenvalue weighted by atomic mass is 16.5. The van der Waals surface area contributed by atoms with Crippen molar-refractivity contribution < 1.29 is 9.53 Å². The third-order valence-electron chi connectivity index (χ3n) is 3.56. The fraction of sp³-hybridized carbons (Fsp3) is 0.400. The van der Waals surface area contributed by atoms with Crippen LogP contribution in [0, 0.1) is 0 Å². The van der Waals surface area contributed by atoms with E-state index in [2.05, 4.69) is 4.98 Å². The molecule has 0 saturated carbocycles. The van der Waals surface area contributed by atoms with Crippen molar-refractivity contribution in [2.24, 2.45) is 0 Å². The van der Waals surface area contributed by atoms with E-state index in [1.165, 1.54) is 0 Å². The van der Waals surface area contributed by atoms with E-state index in [0.717, 1.165) is 6.42 Å². The first-order chi connectivity index (χ1) is 10.2. The number of aromatic nitrogens is 2. The third kappa shape index (κ3) is 2.49. The van der Waals surface area contributed by atoms with Crippen molar-refractivity contribution in [1.29, 1.82) is 0 Å². The van der Waals surface area contributed by atoms with Gasteiger partial charge >= 0.3 is 5.97 Å². The standard InChI is InChI=1S/C15H17N3O3/c1-2-21-13(19)10-17-8-5-9-18-14(20)11-6-3-4-7-12(11)16-15(17)18/h3-4,6-7H,2,5,8-10H2,1H3. The molecule has 1 aliphatic rings. The Hall–Kier alpha value is -2.37. The molecular formula is C15H17N3O3. The first kappa shape index (κ1) is 13.6. The molecule has 110 valence electrons. The Bertz CT molecular complexity index is 739. The average Bonchev–Trinajstić information content (AvgIpc) is 2.49. The lowest BCUT2D eigenvalue weighted by Gasteiger charge is -2.30. The molecule has 1 aromatic carbocycles. The monoisotopic (exact) mass is 287 g/mol. The second kappa shape index (κ2) is 5.55. The van der Waals surface area contributed by atoms with Crippen LogP contribution in [0.4, 0.5) is 5.95 Å². The quantitative estimate of drug-likeness (QED) is 0.793. The topological polar surface area (TPSA) is 64.4 Å². The maximum atomic E-state index is 12.5. The lowest BCUT2D eigenvalue weighted by atomic mass is 10.2. The number of hydrogen-bond donors (Lipinski definition) is 0. The Morgan fingerprint density at radius 3 is 2.95 bits per heavy atom. The van der Waals surface area contributed by atoms with Crippen LogP contribution in [0.15, 0.2) is 29.1 Å². The Kier molecular flexibility index (Phi) is 3.60. The number of carbonyl (C=O) groups excluding carboxylic acids is 1. The van der Waals surface area contributed by atoms with Gasteiger partial charge in [0, 0.05) is 13.1 Å². The summed E-state index contributed by atoms with van der Waals surface area (Å²) in [5.41, 5.74) is 0.605. The highest BCUT2D eigenvalue weighted by Crippen LogP contribution is 2.19. The summed E-state index contributed by atoms with van der Waals surface area (Å²) in [6.45, 7) is 3.58. The Morgan fingerprint density at radius 1 is 1.33 bits per heavy atom. The molecule has 0 unspecified atom stereocenters. The lowest BCUT2D eigenvalue weighted by Crippen LogP contribution is -2.41. The van der Waals surface area contributed by atoms with Gasteiger partial charge in [0.15, 0.2) is 0 Å². The molecule has 0 fully saturated rings.